The quantitative estimate of drug-likeness (QED) is 0.858. The van der Waals surface area contributed by atoms with E-state index in [1.807, 2.05) is 7.05 Å². The van der Waals surface area contributed by atoms with Gasteiger partial charge in [0.05, 0.1) is 12.8 Å². The summed E-state index contributed by atoms with van der Waals surface area (Å²) < 4.78 is 1.79. The summed E-state index contributed by atoms with van der Waals surface area (Å²) in [4.78, 5) is 26.5. The van der Waals surface area contributed by atoms with Crippen molar-refractivity contribution in [3.8, 4) is 0 Å². The predicted molar refractivity (Wildman–Crippen MR) is 73.3 cm³/mol. The highest BCUT2D eigenvalue weighted by atomic mass is 16.4. The fourth-order valence-corrected chi connectivity index (χ4v) is 1.80. The number of carbonyl (C=O) groups is 2. The van der Waals surface area contributed by atoms with Crippen molar-refractivity contribution in [3.05, 3.63) is 48.0 Å². The summed E-state index contributed by atoms with van der Waals surface area (Å²) in [6, 6.07) is 6.75. The molecule has 20 heavy (non-hydrogen) atoms. The monoisotopic (exact) mass is 273 g/mol. The maximum atomic E-state index is 11.8. The van der Waals surface area contributed by atoms with Crippen LogP contribution in [0.4, 0.5) is 5.69 Å². The Bertz CT molecular complexity index is 617. The lowest BCUT2D eigenvalue weighted by atomic mass is 10.1. The van der Waals surface area contributed by atoms with Gasteiger partial charge in [-0.2, -0.15) is 0 Å². The van der Waals surface area contributed by atoms with Crippen LogP contribution in [0.5, 0.6) is 0 Å². The fraction of sp³-hybridized carbons (Fsp3) is 0.214. The minimum Gasteiger partial charge on any atom is -0.481 e. The van der Waals surface area contributed by atoms with Crippen LogP contribution in [0.15, 0.2) is 36.7 Å². The largest absolute Gasteiger partial charge is 0.481 e. The second kappa shape index (κ2) is 6.01. The fourth-order valence-electron chi connectivity index (χ4n) is 1.80. The summed E-state index contributed by atoms with van der Waals surface area (Å²) in [6.07, 6.45) is 3.59. The Labute approximate surface area is 116 Å². The second-order valence-corrected chi connectivity index (χ2v) is 4.45. The minimum atomic E-state index is -0.878. The van der Waals surface area contributed by atoms with Crippen LogP contribution in [-0.4, -0.2) is 26.5 Å². The van der Waals surface area contributed by atoms with E-state index in [1.54, 1.807) is 41.2 Å². The van der Waals surface area contributed by atoms with E-state index in [0.717, 1.165) is 0 Å². The number of benzene rings is 1. The zero-order valence-corrected chi connectivity index (χ0v) is 11.0. The molecule has 1 aromatic carbocycles. The van der Waals surface area contributed by atoms with Crippen molar-refractivity contribution in [2.75, 3.05) is 5.32 Å². The Morgan fingerprint density at radius 2 is 1.95 bits per heavy atom. The van der Waals surface area contributed by atoms with Crippen LogP contribution < -0.4 is 5.32 Å². The summed E-state index contributed by atoms with van der Waals surface area (Å²) >= 11 is 0. The van der Waals surface area contributed by atoms with E-state index in [9.17, 15) is 9.59 Å². The van der Waals surface area contributed by atoms with Gasteiger partial charge in [0.25, 0.3) is 0 Å². The molecule has 104 valence electrons. The Balaban J connectivity index is 1.94. The highest BCUT2D eigenvalue weighted by Crippen LogP contribution is 2.10. The highest BCUT2D eigenvalue weighted by Gasteiger charge is 2.08. The lowest BCUT2D eigenvalue weighted by Crippen LogP contribution is -2.16. The molecule has 1 amide bonds. The molecule has 0 spiro atoms. The number of carboxylic acids is 1. The topological polar surface area (TPSA) is 84.2 Å². The molecular weight excluding hydrogens is 258 g/mol. The van der Waals surface area contributed by atoms with Crippen LogP contribution in [0.2, 0.25) is 0 Å². The van der Waals surface area contributed by atoms with E-state index in [1.165, 1.54) is 0 Å². The third-order valence-electron chi connectivity index (χ3n) is 2.83. The van der Waals surface area contributed by atoms with Crippen molar-refractivity contribution in [2.24, 2.45) is 7.05 Å². The lowest BCUT2D eigenvalue weighted by Gasteiger charge is -2.06. The summed E-state index contributed by atoms with van der Waals surface area (Å²) in [5.74, 6) is -0.355. The van der Waals surface area contributed by atoms with Crippen molar-refractivity contribution in [1.29, 1.82) is 0 Å². The average Bonchev–Trinajstić information content (AvgIpc) is 2.77. The molecule has 0 aliphatic rings. The number of imidazole rings is 1. The van der Waals surface area contributed by atoms with Gasteiger partial charge in [-0.3, -0.25) is 9.59 Å². The molecule has 2 aromatic rings. The van der Waals surface area contributed by atoms with Crippen molar-refractivity contribution >= 4 is 17.6 Å². The van der Waals surface area contributed by atoms with Crippen LogP contribution >= 0.6 is 0 Å². The van der Waals surface area contributed by atoms with Crippen LogP contribution in [-0.2, 0) is 29.5 Å². The van der Waals surface area contributed by atoms with Crippen molar-refractivity contribution in [3.63, 3.8) is 0 Å². The third-order valence-corrected chi connectivity index (χ3v) is 2.83. The molecule has 1 aromatic heterocycles. The van der Waals surface area contributed by atoms with Gasteiger partial charge in [-0.15, -0.1) is 0 Å². The summed E-state index contributed by atoms with van der Waals surface area (Å²) in [7, 11) is 1.83. The number of aryl methyl sites for hydroxylation is 1. The van der Waals surface area contributed by atoms with E-state index in [2.05, 4.69) is 10.3 Å². The normalized spacial score (nSPS) is 10.2. The molecule has 0 unspecified atom stereocenters. The number of aliphatic carboxylic acids is 1. The number of anilines is 1. The van der Waals surface area contributed by atoms with E-state index in [-0.39, 0.29) is 18.7 Å². The van der Waals surface area contributed by atoms with Crippen LogP contribution in [0.1, 0.15) is 11.4 Å². The molecule has 2 N–H and O–H groups in total. The number of hydrogen-bond donors (Lipinski definition) is 2. The molecule has 0 fully saturated rings. The number of aromatic nitrogens is 2. The molecular formula is C14H15N3O3. The average molecular weight is 273 g/mol. The van der Waals surface area contributed by atoms with Crippen molar-refractivity contribution < 1.29 is 14.7 Å². The molecule has 6 heteroatoms. The molecule has 0 saturated carbocycles. The first-order chi connectivity index (χ1) is 9.54. The molecule has 6 nitrogen and oxygen atoms in total. The number of rotatable bonds is 5. The number of carboxylic acid groups (broad SMARTS) is 1. The van der Waals surface area contributed by atoms with Crippen LogP contribution in [0.3, 0.4) is 0 Å². The SMILES string of the molecule is Cn1ccnc1CC(=O)Nc1ccc(CC(=O)O)cc1. The Morgan fingerprint density at radius 3 is 2.50 bits per heavy atom. The molecule has 0 radical (unpaired) electrons. The Hall–Kier alpha value is -2.63. The van der Waals surface area contributed by atoms with Crippen molar-refractivity contribution in [2.45, 2.75) is 12.8 Å². The van der Waals surface area contributed by atoms with Gasteiger partial charge in [0.2, 0.25) is 5.91 Å². The zero-order valence-electron chi connectivity index (χ0n) is 11.0. The summed E-state index contributed by atoms with van der Waals surface area (Å²) in [6.45, 7) is 0. The van der Waals surface area contributed by atoms with Crippen molar-refractivity contribution in [1.82, 2.24) is 9.55 Å². The molecule has 0 bridgehead atoms. The first-order valence-electron chi connectivity index (χ1n) is 6.11. The maximum Gasteiger partial charge on any atom is 0.307 e. The molecule has 2 rings (SSSR count). The molecule has 1 heterocycles. The molecule has 0 aliphatic heterocycles. The highest BCUT2D eigenvalue weighted by molar-refractivity contribution is 5.91. The number of nitrogens with zero attached hydrogens (tertiary/aromatic N) is 2. The zero-order chi connectivity index (χ0) is 14.5. The smallest absolute Gasteiger partial charge is 0.307 e. The van der Waals surface area contributed by atoms with E-state index in [4.69, 9.17) is 5.11 Å². The predicted octanol–water partition coefficient (Wildman–Crippen LogP) is 1.23. The maximum absolute atomic E-state index is 11.8. The third kappa shape index (κ3) is 3.68. The molecule has 0 aliphatic carbocycles. The standard InChI is InChI=1S/C14H15N3O3/c1-17-7-6-15-12(17)9-13(18)16-11-4-2-10(3-5-11)8-14(19)20/h2-7H,8-9H2,1H3,(H,16,18)(H,19,20). The first-order valence-corrected chi connectivity index (χ1v) is 6.11. The lowest BCUT2D eigenvalue weighted by molar-refractivity contribution is -0.136. The number of amides is 1. The Kier molecular flexibility index (Phi) is 4.14. The van der Waals surface area contributed by atoms with Gasteiger partial charge in [0, 0.05) is 25.1 Å². The number of hydrogen-bond acceptors (Lipinski definition) is 3. The minimum absolute atomic E-state index is 0.0263. The van der Waals surface area contributed by atoms with Gasteiger partial charge in [0.1, 0.15) is 5.82 Å². The van der Waals surface area contributed by atoms with Gasteiger partial charge in [-0.25, -0.2) is 4.98 Å². The van der Waals surface area contributed by atoms with Gasteiger partial charge in [0.15, 0.2) is 0 Å². The summed E-state index contributed by atoms with van der Waals surface area (Å²) in [5.41, 5.74) is 1.33. The number of carbonyl (C=O) groups excluding carboxylic acids is 1. The van der Waals surface area contributed by atoms with Gasteiger partial charge < -0.3 is 15.0 Å². The van der Waals surface area contributed by atoms with E-state index < -0.39 is 5.97 Å². The van der Waals surface area contributed by atoms with E-state index >= 15 is 0 Å². The summed E-state index contributed by atoms with van der Waals surface area (Å²) in [5, 5.41) is 11.4. The first kappa shape index (κ1) is 13.8. The van der Waals surface area contributed by atoms with E-state index in [0.29, 0.717) is 17.1 Å². The van der Waals surface area contributed by atoms with Gasteiger partial charge in [-0.1, -0.05) is 12.1 Å². The van der Waals surface area contributed by atoms with Crippen LogP contribution in [0.25, 0.3) is 0 Å². The number of nitrogens with one attached hydrogen (secondary N) is 1. The Morgan fingerprint density at radius 1 is 1.25 bits per heavy atom. The van der Waals surface area contributed by atoms with Crippen LogP contribution in [0, 0.1) is 0 Å². The molecule has 0 atom stereocenters. The van der Waals surface area contributed by atoms with Gasteiger partial charge >= 0.3 is 5.97 Å². The second-order valence-electron chi connectivity index (χ2n) is 4.45. The van der Waals surface area contributed by atoms with Gasteiger partial charge in [-0.05, 0) is 17.7 Å². The molecule has 0 saturated heterocycles.